The zero-order chi connectivity index (χ0) is 12.0. The van der Waals surface area contributed by atoms with Gasteiger partial charge in [0.1, 0.15) is 0 Å². The fourth-order valence-electron chi connectivity index (χ4n) is 2.57. The van der Waals surface area contributed by atoms with Gasteiger partial charge >= 0.3 is 0 Å². The molecule has 1 atom stereocenters. The molecule has 0 amide bonds. The van der Waals surface area contributed by atoms with Crippen molar-refractivity contribution in [3.8, 4) is 0 Å². The summed E-state index contributed by atoms with van der Waals surface area (Å²) in [4.78, 5) is 2.60. The van der Waals surface area contributed by atoms with E-state index in [1.54, 1.807) is 0 Å². The van der Waals surface area contributed by atoms with E-state index in [2.05, 4.69) is 37.9 Å². The zero-order valence-electron chi connectivity index (χ0n) is 11.6. The lowest BCUT2D eigenvalue weighted by atomic mass is 10.0. The topological polar surface area (TPSA) is 15.3 Å². The SMILES string of the molecule is CCC(CC)CNCC1CCN(C(C)C)C1. The fraction of sp³-hybridized carbons (Fsp3) is 1.00. The van der Waals surface area contributed by atoms with Crippen molar-refractivity contribution in [2.24, 2.45) is 11.8 Å². The second-order valence-electron chi connectivity index (χ2n) is 5.58. The van der Waals surface area contributed by atoms with Gasteiger partial charge in [0.15, 0.2) is 0 Å². The van der Waals surface area contributed by atoms with E-state index in [1.165, 1.54) is 45.4 Å². The van der Waals surface area contributed by atoms with E-state index in [9.17, 15) is 0 Å². The number of nitrogens with one attached hydrogen (secondary N) is 1. The van der Waals surface area contributed by atoms with E-state index in [0.717, 1.165) is 17.9 Å². The van der Waals surface area contributed by atoms with E-state index in [0.29, 0.717) is 0 Å². The third-order valence-electron chi connectivity index (χ3n) is 4.07. The molecule has 0 aromatic rings. The molecule has 0 spiro atoms. The average molecular weight is 226 g/mol. The maximum atomic E-state index is 3.66. The molecule has 2 nitrogen and oxygen atoms in total. The molecular formula is C14H30N2. The lowest BCUT2D eigenvalue weighted by Gasteiger charge is -2.20. The molecule has 0 aliphatic carbocycles. The van der Waals surface area contributed by atoms with Gasteiger partial charge < -0.3 is 10.2 Å². The highest BCUT2D eigenvalue weighted by Gasteiger charge is 2.23. The van der Waals surface area contributed by atoms with Crippen LogP contribution in [0.1, 0.15) is 47.0 Å². The summed E-state index contributed by atoms with van der Waals surface area (Å²) in [6.07, 6.45) is 4.01. The van der Waals surface area contributed by atoms with Crippen molar-refractivity contribution in [3.63, 3.8) is 0 Å². The normalized spacial score (nSPS) is 22.5. The van der Waals surface area contributed by atoms with Crippen LogP contribution in [0.25, 0.3) is 0 Å². The van der Waals surface area contributed by atoms with E-state index < -0.39 is 0 Å². The summed E-state index contributed by atoms with van der Waals surface area (Å²) in [6, 6.07) is 0.726. The number of rotatable bonds is 7. The van der Waals surface area contributed by atoms with E-state index >= 15 is 0 Å². The molecule has 1 aliphatic rings. The minimum Gasteiger partial charge on any atom is -0.316 e. The largest absolute Gasteiger partial charge is 0.316 e. The molecule has 1 rings (SSSR count). The predicted octanol–water partition coefficient (Wildman–Crippen LogP) is 2.74. The molecule has 16 heavy (non-hydrogen) atoms. The molecule has 1 N–H and O–H groups in total. The third-order valence-corrected chi connectivity index (χ3v) is 4.07. The molecule has 1 unspecified atom stereocenters. The summed E-state index contributed by atoms with van der Waals surface area (Å²) in [5.41, 5.74) is 0. The first-order chi connectivity index (χ1) is 7.67. The summed E-state index contributed by atoms with van der Waals surface area (Å²) in [5.74, 6) is 1.76. The van der Waals surface area contributed by atoms with Crippen molar-refractivity contribution in [2.45, 2.75) is 53.0 Å². The summed E-state index contributed by atoms with van der Waals surface area (Å²) < 4.78 is 0. The Hall–Kier alpha value is -0.0800. The van der Waals surface area contributed by atoms with Crippen molar-refractivity contribution in [1.82, 2.24) is 10.2 Å². The molecule has 1 fully saturated rings. The van der Waals surface area contributed by atoms with Crippen LogP contribution in [-0.4, -0.2) is 37.1 Å². The van der Waals surface area contributed by atoms with Crippen LogP contribution in [0.15, 0.2) is 0 Å². The van der Waals surface area contributed by atoms with Gasteiger partial charge in [-0.15, -0.1) is 0 Å². The van der Waals surface area contributed by atoms with Crippen LogP contribution in [0.3, 0.4) is 0 Å². The first-order valence-corrected chi connectivity index (χ1v) is 7.12. The summed E-state index contributed by atoms with van der Waals surface area (Å²) in [5, 5.41) is 3.66. The Labute approximate surface area is 102 Å². The number of nitrogens with zero attached hydrogens (tertiary/aromatic N) is 1. The van der Waals surface area contributed by atoms with Crippen LogP contribution in [0, 0.1) is 11.8 Å². The van der Waals surface area contributed by atoms with Crippen molar-refractivity contribution in [3.05, 3.63) is 0 Å². The van der Waals surface area contributed by atoms with Gasteiger partial charge in [0.25, 0.3) is 0 Å². The van der Waals surface area contributed by atoms with Crippen LogP contribution in [0.4, 0.5) is 0 Å². The van der Waals surface area contributed by atoms with Gasteiger partial charge in [0.2, 0.25) is 0 Å². The Bertz CT molecular complexity index is 176. The molecule has 0 aromatic heterocycles. The second-order valence-corrected chi connectivity index (χ2v) is 5.58. The van der Waals surface area contributed by atoms with Gasteiger partial charge in [-0.05, 0) is 51.7 Å². The highest BCUT2D eigenvalue weighted by molar-refractivity contribution is 4.79. The monoisotopic (exact) mass is 226 g/mol. The zero-order valence-corrected chi connectivity index (χ0v) is 11.6. The summed E-state index contributed by atoms with van der Waals surface area (Å²) in [6.45, 7) is 14.2. The summed E-state index contributed by atoms with van der Waals surface area (Å²) >= 11 is 0. The maximum Gasteiger partial charge on any atom is 0.00387 e. The maximum absolute atomic E-state index is 3.66. The van der Waals surface area contributed by atoms with E-state index in [4.69, 9.17) is 0 Å². The molecule has 96 valence electrons. The van der Waals surface area contributed by atoms with Crippen molar-refractivity contribution in [2.75, 3.05) is 26.2 Å². The predicted molar refractivity (Wildman–Crippen MR) is 71.8 cm³/mol. The number of likely N-dealkylation sites (tertiary alicyclic amines) is 1. The fourth-order valence-corrected chi connectivity index (χ4v) is 2.57. The lowest BCUT2D eigenvalue weighted by Crippen LogP contribution is -2.32. The van der Waals surface area contributed by atoms with Crippen LogP contribution in [0.5, 0.6) is 0 Å². The Balaban J connectivity index is 2.11. The van der Waals surface area contributed by atoms with Crippen molar-refractivity contribution >= 4 is 0 Å². The average Bonchev–Trinajstić information content (AvgIpc) is 2.73. The van der Waals surface area contributed by atoms with Gasteiger partial charge in [0, 0.05) is 12.6 Å². The Morgan fingerprint density at radius 2 is 1.94 bits per heavy atom. The van der Waals surface area contributed by atoms with E-state index in [1.807, 2.05) is 0 Å². The van der Waals surface area contributed by atoms with E-state index in [-0.39, 0.29) is 0 Å². The second kappa shape index (κ2) is 7.29. The lowest BCUT2D eigenvalue weighted by molar-refractivity contribution is 0.263. The summed E-state index contributed by atoms with van der Waals surface area (Å²) in [7, 11) is 0. The van der Waals surface area contributed by atoms with Gasteiger partial charge in [-0.1, -0.05) is 26.7 Å². The highest BCUT2D eigenvalue weighted by atomic mass is 15.2. The third kappa shape index (κ3) is 4.42. The highest BCUT2D eigenvalue weighted by Crippen LogP contribution is 2.17. The molecule has 2 heteroatoms. The molecule has 0 radical (unpaired) electrons. The quantitative estimate of drug-likeness (QED) is 0.718. The smallest absolute Gasteiger partial charge is 0.00387 e. The van der Waals surface area contributed by atoms with Gasteiger partial charge in [-0.3, -0.25) is 0 Å². The number of hydrogen-bond donors (Lipinski definition) is 1. The first-order valence-electron chi connectivity index (χ1n) is 7.12. The van der Waals surface area contributed by atoms with Crippen LogP contribution >= 0.6 is 0 Å². The van der Waals surface area contributed by atoms with Gasteiger partial charge in [-0.25, -0.2) is 0 Å². The molecule has 1 saturated heterocycles. The van der Waals surface area contributed by atoms with Gasteiger partial charge in [0.05, 0.1) is 0 Å². The molecule has 1 aliphatic heterocycles. The molecular weight excluding hydrogens is 196 g/mol. The van der Waals surface area contributed by atoms with Crippen molar-refractivity contribution < 1.29 is 0 Å². The van der Waals surface area contributed by atoms with Crippen molar-refractivity contribution in [1.29, 1.82) is 0 Å². The Morgan fingerprint density at radius 1 is 1.25 bits per heavy atom. The van der Waals surface area contributed by atoms with Gasteiger partial charge in [-0.2, -0.15) is 0 Å². The van der Waals surface area contributed by atoms with Crippen LogP contribution in [0.2, 0.25) is 0 Å². The molecule has 0 bridgehead atoms. The standard InChI is InChI=1S/C14H30N2/c1-5-13(6-2)9-15-10-14-7-8-16(11-14)12(3)4/h12-15H,5-11H2,1-4H3. The Kier molecular flexibility index (Phi) is 6.37. The number of hydrogen-bond acceptors (Lipinski definition) is 2. The first kappa shape index (κ1) is 14.0. The molecule has 1 heterocycles. The molecule has 0 saturated carbocycles. The van der Waals surface area contributed by atoms with Crippen LogP contribution in [-0.2, 0) is 0 Å². The molecule has 0 aromatic carbocycles. The Morgan fingerprint density at radius 3 is 2.44 bits per heavy atom. The van der Waals surface area contributed by atoms with Crippen LogP contribution < -0.4 is 5.32 Å². The minimum absolute atomic E-state index is 0.726. The minimum atomic E-state index is 0.726.